The molecule has 0 aliphatic rings. The monoisotopic (exact) mass is 236 g/mol. The Morgan fingerprint density at radius 1 is 1.35 bits per heavy atom. The van der Waals surface area contributed by atoms with Gasteiger partial charge in [-0.3, -0.25) is 4.79 Å². The van der Waals surface area contributed by atoms with Crippen LogP contribution >= 0.6 is 0 Å². The lowest BCUT2D eigenvalue weighted by molar-refractivity contribution is 0.0665. The fourth-order valence-corrected chi connectivity index (χ4v) is 1.65. The van der Waals surface area contributed by atoms with Crippen molar-refractivity contribution in [2.75, 3.05) is 25.5 Å². The summed E-state index contributed by atoms with van der Waals surface area (Å²) in [4.78, 5) is 13.8. The van der Waals surface area contributed by atoms with Crippen LogP contribution in [0.4, 0.5) is 5.69 Å². The maximum absolute atomic E-state index is 12.2. The van der Waals surface area contributed by atoms with Gasteiger partial charge in [0.2, 0.25) is 0 Å². The maximum Gasteiger partial charge on any atom is 0.254 e. The van der Waals surface area contributed by atoms with Crippen LogP contribution in [0.5, 0.6) is 0 Å². The van der Waals surface area contributed by atoms with E-state index in [-0.39, 0.29) is 18.6 Å². The molecule has 0 bridgehead atoms. The average Bonchev–Trinajstić information content (AvgIpc) is 2.35. The topological polar surface area (TPSA) is 52.6 Å². The highest BCUT2D eigenvalue weighted by atomic mass is 16.3. The first-order valence-electron chi connectivity index (χ1n) is 5.79. The number of aliphatic hydroxyl groups excluding tert-OH is 1. The predicted octanol–water partition coefficient (Wildman–Crippen LogP) is 1.57. The third-order valence-corrected chi connectivity index (χ3v) is 2.65. The number of rotatable bonds is 5. The fraction of sp³-hybridized carbons (Fsp3) is 0.462. The lowest BCUT2D eigenvalue weighted by Crippen LogP contribution is -2.38. The first kappa shape index (κ1) is 13.5. The second-order valence-electron chi connectivity index (χ2n) is 4.14. The van der Waals surface area contributed by atoms with E-state index in [2.05, 4.69) is 5.32 Å². The van der Waals surface area contributed by atoms with Crippen molar-refractivity contribution < 1.29 is 9.90 Å². The van der Waals surface area contributed by atoms with Crippen LogP contribution in [0.25, 0.3) is 0 Å². The molecule has 4 heteroatoms. The third-order valence-electron chi connectivity index (χ3n) is 2.65. The molecule has 1 aromatic rings. The molecule has 1 amide bonds. The molecule has 4 nitrogen and oxygen atoms in total. The Labute approximate surface area is 102 Å². The van der Waals surface area contributed by atoms with E-state index in [9.17, 15) is 4.79 Å². The molecule has 0 unspecified atom stereocenters. The quantitative estimate of drug-likeness (QED) is 0.816. The second-order valence-corrected chi connectivity index (χ2v) is 4.14. The number of hydrogen-bond donors (Lipinski definition) is 2. The first-order valence-corrected chi connectivity index (χ1v) is 5.79. The van der Waals surface area contributed by atoms with Gasteiger partial charge in [-0.25, -0.2) is 0 Å². The van der Waals surface area contributed by atoms with Crippen molar-refractivity contribution in [2.24, 2.45) is 0 Å². The molecular weight excluding hydrogens is 216 g/mol. The van der Waals surface area contributed by atoms with Gasteiger partial charge in [0.1, 0.15) is 0 Å². The summed E-state index contributed by atoms with van der Waals surface area (Å²) in [7, 11) is 1.84. The minimum Gasteiger partial charge on any atom is -0.395 e. The Balaban J connectivity index is 2.85. The number of hydrogen-bond acceptors (Lipinski definition) is 3. The van der Waals surface area contributed by atoms with E-state index in [1.54, 1.807) is 17.0 Å². The van der Waals surface area contributed by atoms with Gasteiger partial charge >= 0.3 is 0 Å². The van der Waals surface area contributed by atoms with Crippen LogP contribution < -0.4 is 5.32 Å². The van der Waals surface area contributed by atoms with Crippen molar-refractivity contribution in [2.45, 2.75) is 19.9 Å². The van der Waals surface area contributed by atoms with Gasteiger partial charge in [0.05, 0.1) is 6.61 Å². The van der Waals surface area contributed by atoms with Gasteiger partial charge in [-0.1, -0.05) is 0 Å². The van der Waals surface area contributed by atoms with Crippen molar-refractivity contribution in [3.05, 3.63) is 29.8 Å². The van der Waals surface area contributed by atoms with E-state index in [0.29, 0.717) is 12.1 Å². The van der Waals surface area contributed by atoms with Crippen LogP contribution in [0.1, 0.15) is 24.2 Å². The van der Waals surface area contributed by atoms with Crippen LogP contribution in [0.3, 0.4) is 0 Å². The predicted molar refractivity (Wildman–Crippen MR) is 69.2 cm³/mol. The molecule has 0 radical (unpaired) electrons. The van der Waals surface area contributed by atoms with E-state index in [1.165, 1.54) is 0 Å². The summed E-state index contributed by atoms with van der Waals surface area (Å²) in [5, 5.41) is 12.0. The maximum atomic E-state index is 12.2. The summed E-state index contributed by atoms with van der Waals surface area (Å²) >= 11 is 0. The smallest absolute Gasteiger partial charge is 0.254 e. The molecule has 0 saturated carbocycles. The average molecular weight is 236 g/mol. The molecule has 0 fully saturated rings. The van der Waals surface area contributed by atoms with Crippen molar-refractivity contribution in [1.82, 2.24) is 4.90 Å². The van der Waals surface area contributed by atoms with Crippen molar-refractivity contribution in [3.8, 4) is 0 Å². The van der Waals surface area contributed by atoms with Gasteiger partial charge in [-0.15, -0.1) is 0 Å². The van der Waals surface area contributed by atoms with Crippen molar-refractivity contribution >= 4 is 11.6 Å². The number of anilines is 1. The summed E-state index contributed by atoms with van der Waals surface area (Å²) in [6.45, 7) is 4.23. The second kappa shape index (κ2) is 6.25. The lowest BCUT2D eigenvalue weighted by atomic mass is 10.1. The molecule has 0 aliphatic heterocycles. The summed E-state index contributed by atoms with van der Waals surface area (Å²) in [6.07, 6.45) is 0. The van der Waals surface area contributed by atoms with Crippen molar-refractivity contribution in [1.29, 1.82) is 0 Å². The third kappa shape index (κ3) is 3.46. The van der Waals surface area contributed by atoms with Gasteiger partial charge in [-0.05, 0) is 38.1 Å². The molecule has 0 spiro atoms. The van der Waals surface area contributed by atoms with E-state index < -0.39 is 0 Å². The van der Waals surface area contributed by atoms with E-state index >= 15 is 0 Å². The molecule has 1 rings (SSSR count). The summed E-state index contributed by atoms with van der Waals surface area (Å²) < 4.78 is 0. The van der Waals surface area contributed by atoms with Crippen LogP contribution in [0.2, 0.25) is 0 Å². The standard InChI is InChI=1S/C13H20N2O2/c1-10(2)15(8-9-16)13(17)11-4-6-12(14-3)7-5-11/h4-7,10,14,16H,8-9H2,1-3H3. The van der Waals surface area contributed by atoms with E-state index in [0.717, 1.165) is 5.69 Å². The Morgan fingerprint density at radius 2 is 1.94 bits per heavy atom. The molecule has 0 heterocycles. The Bertz CT molecular complexity index is 360. The highest BCUT2D eigenvalue weighted by Crippen LogP contribution is 2.12. The number of carbonyl (C=O) groups excluding carboxylic acids is 1. The summed E-state index contributed by atoms with van der Waals surface area (Å²) in [5.74, 6) is -0.0447. The molecule has 0 saturated heterocycles. The number of amides is 1. The van der Waals surface area contributed by atoms with Gasteiger partial charge in [0.25, 0.3) is 5.91 Å². The zero-order chi connectivity index (χ0) is 12.8. The highest BCUT2D eigenvalue weighted by molar-refractivity contribution is 5.94. The molecule has 0 aliphatic carbocycles. The Morgan fingerprint density at radius 3 is 2.35 bits per heavy atom. The number of nitrogens with one attached hydrogen (secondary N) is 1. The van der Waals surface area contributed by atoms with Crippen LogP contribution in [0, 0.1) is 0 Å². The molecule has 17 heavy (non-hydrogen) atoms. The molecule has 94 valence electrons. The number of benzene rings is 1. The van der Waals surface area contributed by atoms with E-state index in [1.807, 2.05) is 33.0 Å². The molecule has 0 atom stereocenters. The number of aliphatic hydroxyl groups is 1. The largest absolute Gasteiger partial charge is 0.395 e. The molecular formula is C13H20N2O2. The SMILES string of the molecule is CNc1ccc(C(=O)N(CCO)C(C)C)cc1. The van der Waals surface area contributed by atoms with Crippen LogP contribution in [-0.2, 0) is 0 Å². The number of carbonyl (C=O) groups is 1. The zero-order valence-corrected chi connectivity index (χ0v) is 10.6. The summed E-state index contributed by atoms with van der Waals surface area (Å²) in [5.41, 5.74) is 1.62. The Kier molecular flexibility index (Phi) is 4.97. The molecule has 1 aromatic carbocycles. The fourth-order valence-electron chi connectivity index (χ4n) is 1.65. The van der Waals surface area contributed by atoms with Crippen molar-refractivity contribution in [3.63, 3.8) is 0 Å². The minimum absolute atomic E-state index is 0.0154. The summed E-state index contributed by atoms with van der Waals surface area (Å²) in [6, 6.07) is 7.40. The van der Waals surface area contributed by atoms with Crippen LogP contribution in [-0.4, -0.2) is 42.2 Å². The normalized spacial score (nSPS) is 10.4. The number of nitrogens with zero attached hydrogens (tertiary/aromatic N) is 1. The highest BCUT2D eigenvalue weighted by Gasteiger charge is 2.17. The molecule has 0 aromatic heterocycles. The van der Waals surface area contributed by atoms with Gasteiger partial charge in [0.15, 0.2) is 0 Å². The van der Waals surface area contributed by atoms with E-state index in [4.69, 9.17) is 5.11 Å². The molecule has 2 N–H and O–H groups in total. The van der Waals surface area contributed by atoms with Gasteiger partial charge in [0, 0.05) is 30.9 Å². The first-order chi connectivity index (χ1) is 8.10. The van der Waals surface area contributed by atoms with Gasteiger partial charge < -0.3 is 15.3 Å². The van der Waals surface area contributed by atoms with Crippen LogP contribution in [0.15, 0.2) is 24.3 Å². The lowest BCUT2D eigenvalue weighted by Gasteiger charge is -2.26. The van der Waals surface area contributed by atoms with Gasteiger partial charge in [-0.2, -0.15) is 0 Å². The minimum atomic E-state index is -0.0447. The zero-order valence-electron chi connectivity index (χ0n) is 10.6. The Hall–Kier alpha value is -1.55.